The van der Waals surface area contributed by atoms with Crippen molar-refractivity contribution in [2.45, 2.75) is 83.3 Å². The van der Waals surface area contributed by atoms with E-state index in [1.54, 1.807) is 0 Å². The van der Waals surface area contributed by atoms with E-state index in [4.69, 9.17) is 5.73 Å². The van der Waals surface area contributed by atoms with Crippen LogP contribution in [0.3, 0.4) is 0 Å². The van der Waals surface area contributed by atoms with Gasteiger partial charge in [-0.25, -0.2) is 0 Å². The van der Waals surface area contributed by atoms with E-state index >= 15 is 0 Å². The van der Waals surface area contributed by atoms with E-state index in [0.717, 1.165) is 18.0 Å². The van der Waals surface area contributed by atoms with Crippen LogP contribution in [0.1, 0.15) is 65.2 Å². The molecule has 0 aromatic rings. The molecule has 17 heavy (non-hydrogen) atoms. The van der Waals surface area contributed by atoms with Crippen LogP contribution in [-0.4, -0.2) is 29.6 Å². The van der Waals surface area contributed by atoms with E-state index in [0.29, 0.717) is 6.04 Å². The van der Waals surface area contributed by atoms with Crippen molar-refractivity contribution in [3.05, 3.63) is 0 Å². The van der Waals surface area contributed by atoms with Crippen molar-refractivity contribution in [2.24, 2.45) is 11.7 Å². The molecule has 0 aliphatic heterocycles. The monoisotopic (exact) mass is 238 g/mol. The predicted molar refractivity (Wildman–Crippen MR) is 74.0 cm³/mol. The Labute approximate surface area is 107 Å². The molecule has 2 heteroatoms. The van der Waals surface area contributed by atoms with E-state index < -0.39 is 0 Å². The molecule has 0 amide bonds. The van der Waals surface area contributed by atoms with Gasteiger partial charge in [-0.3, -0.25) is 4.90 Å². The normalized spacial score (nSPS) is 38.8. The third-order valence-corrected chi connectivity index (χ3v) is 4.93. The third kappa shape index (κ3) is 3.23. The fourth-order valence-corrected chi connectivity index (χ4v) is 3.93. The van der Waals surface area contributed by atoms with Gasteiger partial charge in [0, 0.05) is 18.1 Å². The van der Waals surface area contributed by atoms with Gasteiger partial charge in [-0.2, -0.15) is 0 Å². The highest BCUT2D eigenvalue weighted by molar-refractivity contribution is 4.89. The number of rotatable bonds is 4. The third-order valence-electron chi connectivity index (χ3n) is 4.93. The molecule has 2 unspecified atom stereocenters. The molecule has 2 atom stereocenters. The Morgan fingerprint density at radius 1 is 1.06 bits per heavy atom. The Balaban J connectivity index is 1.96. The predicted octanol–water partition coefficient (Wildman–Crippen LogP) is 3.16. The van der Waals surface area contributed by atoms with Crippen LogP contribution >= 0.6 is 0 Å². The molecule has 0 spiro atoms. The van der Waals surface area contributed by atoms with Crippen molar-refractivity contribution in [1.82, 2.24) is 4.90 Å². The largest absolute Gasteiger partial charge is 0.328 e. The molecule has 0 heterocycles. The average Bonchev–Trinajstić information content (AvgIpc) is 2.74. The molecule has 2 rings (SSSR count). The molecule has 2 N–H and O–H groups in total. The molecule has 0 aromatic heterocycles. The molecule has 2 aliphatic rings. The summed E-state index contributed by atoms with van der Waals surface area (Å²) in [5, 5.41) is 0. The van der Waals surface area contributed by atoms with Crippen molar-refractivity contribution >= 4 is 0 Å². The fourth-order valence-electron chi connectivity index (χ4n) is 3.93. The lowest BCUT2D eigenvalue weighted by molar-refractivity contribution is 0.0821. The highest BCUT2D eigenvalue weighted by Crippen LogP contribution is 2.34. The van der Waals surface area contributed by atoms with Gasteiger partial charge >= 0.3 is 0 Å². The van der Waals surface area contributed by atoms with Crippen LogP contribution in [0.5, 0.6) is 0 Å². The van der Waals surface area contributed by atoms with Gasteiger partial charge in [0.15, 0.2) is 0 Å². The number of hydrogen-bond acceptors (Lipinski definition) is 2. The minimum Gasteiger partial charge on any atom is -0.328 e. The first-order valence-electron chi connectivity index (χ1n) is 7.73. The summed E-state index contributed by atoms with van der Waals surface area (Å²) in [5.41, 5.74) is 6.03. The first-order chi connectivity index (χ1) is 8.22. The Morgan fingerprint density at radius 2 is 1.76 bits per heavy atom. The van der Waals surface area contributed by atoms with Gasteiger partial charge in [-0.05, 0) is 57.4 Å². The first-order valence-corrected chi connectivity index (χ1v) is 7.73. The van der Waals surface area contributed by atoms with Gasteiger partial charge in [0.05, 0.1) is 0 Å². The lowest BCUT2D eigenvalue weighted by atomic mass is 9.88. The van der Waals surface area contributed by atoms with Gasteiger partial charge in [-0.1, -0.05) is 20.3 Å². The first kappa shape index (κ1) is 13.4. The van der Waals surface area contributed by atoms with E-state index in [1.807, 2.05) is 0 Å². The van der Waals surface area contributed by atoms with Crippen LogP contribution in [0, 0.1) is 5.92 Å². The minimum atomic E-state index is 0.482. The Morgan fingerprint density at radius 3 is 2.29 bits per heavy atom. The molecule has 0 saturated heterocycles. The molecule has 0 bridgehead atoms. The Kier molecular flexibility index (Phi) is 4.87. The van der Waals surface area contributed by atoms with Gasteiger partial charge in [0.25, 0.3) is 0 Å². The zero-order chi connectivity index (χ0) is 12.3. The summed E-state index contributed by atoms with van der Waals surface area (Å²) in [5.74, 6) is 0.914. The second-order valence-corrected chi connectivity index (χ2v) is 6.28. The van der Waals surface area contributed by atoms with E-state index in [2.05, 4.69) is 18.7 Å². The summed E-state index contributed by atoms with van der Waals surface area (Å²) in [6, 6.07) is 2.19. The maximum absolute atomic E-state index is 6.03. The minimum absolute atomic E-state index is 0.482. The van der Waals surface area contributed by atoms with Crippen LogP contribution in [0.4, 0.5) is 0 Å². The van der Waals surface area contributed by atoms with E-state index in [-0.39, 0.29) is 0 Å². The lowest BCUT2D eigenvalue weighted by Gasteiger charge is -2.41. The van der Waals surface area contributed by atoms with Crippen molar-refractivity contribution in [1.29, 1.82) is 0 Å². The summed E-state index contributed by atoms with van der Waals surface area (Å²) in [6.45, 7) is 6.07. The van der Waals surface area contributed by atoms with Crippen LogP contribution < -0.4 is 5.73 Å². The number of nitrogens with two attached hydrogens (primary N) is 1. The second kappa shape index (κ2) is 6.19. The van der Waals surface area contributed by atoms with E-state index in [9.17, 15) is 0 Å². The zero-order valence-corrected chi connectivity index (χ0v) is 11.7. The summed E-state index contributed by atoms with van der Waals surface area (Å²) in [6.07, 6.45) is 10.8. The summed E-state index contributed by atoms with van der Waals surface area (Å²) >= 11 is 0. The topological polar surface area (TPSA) is 29.3 Å². The fraction of sp³-hybridized carbons (Fsp3) is 1.00. The number of hydrogen-bond donors (Lipinski definition) is 1. The quantitative estimate of drug-likeness (QED) is 0.815. The molecule has 0 aromatic carbocycles. The van der Waals surface area contributed by atoms with Gasteiger partial charge in [0.2, 0.25) is 0 Å². The molecular formula is C15H30N2. The van der Waals surface area contributed by atoms with Gasteiger partial charge < -0.3 is 5.73 Å². The van der Waals surface area contributed by atoms with Gasteiger partial charge in [-0.15, -0.1) is 0 Å². The Bertz CT molecular complexity index is 221. The van der Waals surface area contributed by atoms with Crippen molar-refractivity contribution in [3.8, 4) is 0 Å². The highest BCUT2D eigenvalue weighted by atomic mass is 15.2. The van der Waals surface area contributed by atoms with E-state index in [1.165, 1.54) is 57.9 Å². The summed E-state index contributed by atoms with van der Waals surface area (Å²) in [4.78, 5) is 2.85. The smallest absolute Gasteiger partial charge is 0.0124 e. The highest BCUT2D eigenvalue weighted by Gasteiger charge is 2.34. The summed E-state index contributed by atoms with van der Waals surface area (Å²) in [7, 11) is 0. The van der Waals surface area contributed by atoms with Crippen LogP contribution in [-0.2, 0) is 0 Å². The van der Waals surface area contributed by atoms with Crippen LogP contribution in [0.25, 0.3) is 0 Å². The molecular weight excluding hydrogens is 208 g/mol. The lowest BCUT2D eigenvalue weighted by Crippen LogP contribution is -2.47. The molecule has 100 valence electrons. The van der Waals surface area contributed by atoms with Crippen molar-refractivity contribution in [3.63, 3.8) is 0 Å². The standard InChI is InChI=1S/C15H30N2/c1-3-11-17(15-6-4-5-12(15)2)14-9-7-13(16)8-10-14/h12-15H,3-11,16H2,1-2H3. The zero-order valence-electron chi connectivity index (χ0n) is 11.7. The maximum Gasteiger partial charge on any atom is 0.0124 e. The molecule has 0 radical (unpaired) electrons. The van der Waals surface area contributed by atoms with Crippen molar-refractivity contribution in [2.75, 3.05) is 6.54 Å². The average molecular weight is 238 g/mol. The second-order valence-electron chi connectivity index (χ2n) is 6.28. The van der Waals surface area contributed by atoms with Crippen LogP contribution in [0.15, 0.2) is 0 Å². The molecule has 2 aliphatic carbocycles. The Hall–Kier alpha value is -0.0800. The maximum atomic E-state index is 6.03. The van der Waals surface area contributed by atoms with Crippen molar-refractivity contribution < 1.29 is 0 Å². The number of nitrogens with zero attached hydrogens (tertiary/aromatic N) is 1. The summed E-state index contributed by atoms with van der Waals surface area (Å²) < 4.78 is 0. The van der Waals surface area contributed by atoms with Crippen LogP contribution in [0.2, 0.25) is 0 Å². The molecule has 2 saturated carbocycles. The molecule has 2 fully saturated rings. The molecule has 2 nitrogen and oxygen atoms in total. The SMILES string of the molecule is CCCN(C1CCC(N)CC1)C1CCCC1C. The van der Waals surface area contributed by atoms with Gasteiger partial charge in [0.1, 0.15) is 0 Å².